The van der Waals surface area contributed by atoms with Crippen molar-refractivity contribution in [3.05, 3.63) is 41.0 Å². The minimum atomic E-state index is -0.750. The summed E-state index contributed by atoms with van der Waals surface area (Å²) in [6.45, 7) is 0. The summed E-state index contributed by atoms with van der Waals surface area (Å²) in [6.07, 6.45) is 6.09. The Labute approximate surface area is 133 Å². The lowest BCUT2D eigenvalue weighted by atomic mass is 10.1. The molecular formula is C16H16Cl2N2O. The molecule has 1 amide bonds. The van der Waals surface area contributed by atoms with Crippen LogP contribution in [0.3, 0.4) is 0 Å². The van der Waals surface area contributed by atoms with Crippen LogP contribution in [0, 0.1) is 0 Å². The predicted octanol–water partition coefficient (Wildman–Crippen LogP) is 4.23. The van der Waals surface area contributed by atoms with Gasteiger partial charge in [-0.2, -0.15) is 0 Å². The molecule has 0 spiro atoms. The SMILES string of the molecule is O=C(NC1CCCC1)C(Cl)c1ccc(Cl)c2cccnc12. The van der Waals surface area contributed by atoms with Crippen LogP contribution in [-0.4, -0.2) is 16.9 Å². The van der Waals surface area contributed by atoms with Gasteiger partial charge in [-0.25, -0.2) is 0 Å². The summed E-state index contributed by atoms with van der Waals surface area (Å²) in [5, 5.41) is 3.70. The Balaban J connectivity index is 1.88. The van der Waals surface area contributed by atoms with Gasteiger partial charge in [0.25, 0.3) is 0 Å². The van der Waals surface area contributed by atoms with Crippen molar-refractivity contribution in [2.24, 2.45) is 0 Å². The van der Waals surface area contributed by atoms with E-state index in [1.165, 1.54) is 12.8 Å². The van der Waals surface area contributed by atoms with Crippen LogP contribution in [0.2, 0.25) is 5.02 Å². The summed E-state index contributed by atoms with van der Waals surface area (Å²) in [4.78, 5) is 16.7. The molecule has 21 heavy (non-hydrogen) atoms. The lowest BCUT2D eigenvalue weighted by molar-refractivity contribution is -0.121. The Morgan fingerprint density at radius 3 is 2.81 bits per heavy atom. The maximum Gasteiger partial charge on any atom is 0.242 e. The van der Waals surface area contributed by atoms with E-state index in [0.29, 0.717) is 16.1 Å². The van der Waals surface area contributed by atoms with Gasteiger partial charge in [0.15, 0.2) is 0 Å². The number of hydrogen-bond donors (Lipinski definition) is 1. The fourth-order valence-corrected chi connectivity index (χ4v) is 3.30. The summed E-state index contributed by atoms with van der Waals surface area (Å²) < 4.78 is 0. The number of aromatic nitrogens is 1. The minimum Gasteiger partial charge on any atom is -0.352 e. The van der Waals surface area contributed by atoms with E-state index in [0.717, 1.165) is 18.2 Å². The summed E-state index contributed by atoms with van der Waals surface area (Å²) in [5.41, 5.74) is 1.39. The molecule has 0 saturated heterocycles. The largest absolute Gasteiger partial charge is 0.352 e. The minimum absolute atomic E-state index is 0.155. The van der Waals surface area contributed by atoms with Crippen LogP contribution in [0.25, 0.3) is 10.9 Å². The number of carbonyl (C=O) groups excluding carboxylic acids is 1. The Morgan fingerprint density at radius 2 is 2.05 bits per heavy atom. The maximum atomic E-state index is 12.3. The summed E-state index contributed by atoms with van der Waals surface area (Å²) >= 11 is 12.5. The highest BCUT2D eigenvalue weighted by Gasteiger charge is 2.25. The first kappa shape index (κ1) is 14.6. The Morgan fingerprint density at radius 1 is 1.29 bits per heavy atom. The van der Waals surface area contributed by atoms with Crippen LogP contribution in [0.15, 0.2) is 30.5 Å². The molecule has 0 aliphatic heterocycles. The van der Waals surface area contributed by atoms with Crippen LogP contribution in [-0.2, 0) is 4.79 Å². The van der Waals surface area contributed by atoms with E-state index in [4.69, 9.17) is 23.2 Å². The molecule has 110 valence electrons. The molecule has 2 aromatic rings. The van der Waals surface area contributed by atoms with E-state index < -0.39 is 5.38 Å². The summed E-state index contributed by atoms with van der Waals surface area (Å²) in [5.74, 6) is -0.155. The van der Waals surface area contributed by atoms with Crippen LogP contribution in [0.4, 0.5) is 0 Å². The molecule has 1 atom stereocenters. The number of nitrogens with zero attached hydrogens (tertiary/aromatic N) is 1. The Hall–Kier alpha value is -1.32. The zero-order valence-corrected chi connectivity index (χ0v) is 13.0. The number of carbonyl (C=O) groups is 1. The second kappa shape index (κ2) is 6.20. The van der Waals surface area contributed by atoms with Crippen LogP contribution in [0.1, 0.15) is 36.6 Å². The Kier molecular flexibility index (Phi) is 4.32. The zero-order chi connectivity index (χ0) is 14.8. The molecule has 1 aromatic heterocycles. The molecule has 1 heterocycles. The third kappa shape index (κ3) is 2.99. The first-order valence-electron chi connectivity index (χ1n) is 7.14. The van der Waals surface area contributed by atoms with Crippen molar-refractivity contribution in [2.45, 2.75) is 37.1 Å². The maximum absolute atomic E-state index is 12.3. The fourth-order valence-electron chi connectivity index (χ4n) is 2.85. The monoisotopic (exact) mass is 322 g/mol. The molecule has 0 bridgehead atoms. The summed E-state index contributed by atoms with van der Waals surface area (Å²) in [7, 11) is 0. The number of hydrogen-bond acceptors (Lipinski definition) is 2. The van der Waals surface area contributed by atoms with Gasteiger partial charge in [0, 0.05) is 28.2 Å². The van der Waals surface area contributed by atoms with Gasteiger partial charge in [0.05, 0.1) is 5.52 Å². The van der Waals surface area contributed by atoms with E-state index in [2.05, 4.69) is 10.3 Å². The van der Waals surface area contributed by atoms with Crippen LogP contribution < -0.4 is 5.32 Å². The van der Waals surface area contributed by atoms with E-state index >= 15 is 0 Å². The van der Waals surface area contributed by atoms with E-state index in [1.54, 1.807) is 18.3 Å². The normalized spacial score (nSPS) is 17.0. The van der Waals surface area contributed by atoms with E-state index in [9.17, 15) is 4.79 Å². The van der Waals surface area contributed by atoms with E-state index in [-0.39, 0.29) is 11.9 Å². The van der Waals surface area contributed by atoms with Gasteiger partial charge in [-0.1, -0.05) is 30.5 Å². The van der Waals surface area contributed by atoms with Crippen molar-refractivity contribution in [3.63, 3.8) is 0 Å². The van der Waals surface area contributed by atoms with Crippen LogP contribution in [0.5, 0.6) is 0 Å². The van der Waals surface area contributed by atoms with Crippen molar-refractivity contribution in [1.82, 2.24) is 10.3 Å². The van der Waals surface area contributed by atoms with Crippen molar-refractivity contribution in [1.29, 1.82) is 0 Å². The number of nitrogens with one attached hydrogen (secondary N) is 1. The third-order valence-electron chi connectivity index (χ3n) is 3.95. The highest BCUT2D eigenvalue weighted by molar-refractivity contribution is 6.36. The van der Waals surface area contributed by atoms with Gasteiger partial charge < -0.3 is 5.32 Å². The number of fused-ring (bicyclic) bond motifs is 1. The van der Waals surface area contributed by atoms with Crippen molar-refractivity contribution < 1.29 is 4.79 Å². The lowest BCUT2D eigenvalue weighted by Gasteiger charge is -2.16. The number of benzene rings is 1. The molecule has 5 heteroatoms. The van der Waals surface area contributed by atoms with E-state index in [1.807, 2.05) is 12.1 Å². The first-order valence-corrected chi connectivity index (χ1v) is 7.96. The second-order valence-electron chi connectivity index (χ2n) is 5.39. The number of amides is 1. The number of alkyl halides is 1. The van der Waals surface area contributed by atoms with Gasteiger partial charge >= 0.3 is 0 Å². The van der Waals surface area contributed by atoms with Gasteiger partial charge in [-0.3, -0.25) is 9.78 Å². The zero-order valence-electron chi connectivity index (χ0n) is 11.5. The molecule has 1 saturated carbocycles. The standard InChI is InChI=1S/C16H16Cl2N2O/c17-13-8-7-12(15-11(13)6-3-9-19-15)14(18)16(21)20-10-4-1-2-5-10/h3,6-10,14H,1-2,4-5H2,(H,20,21). The van der Waals surface area contributed by atoms with Gasteiger partial charge in [0.1, 0.15) is 5.38 Å². The highest BCUT2D eigenvalue weighted by Crippen LogP contribution is 2.32. The third-order valence-corrected chi connectivity index (χ3v) is 4.72. The molecular weight excluding hydrogens is 307 g/mol. The van der Waals surface area contributed by atoms with Gasteiger partial charge in [-0.05, 0) is 31.0 Å². The van der Waals surface area contributed by atoms with Crippen molar-refractivity contribution in [2.75, 3.05) is 0 Å². The van der Waals surface area contributed by atoms with Crippen molar-refractivity contribution in [3.8, 4) is 0 Å². The molecule has 3 nitrogen and oxygen atoms in total. The molecule has 1 aliphatic rings. The molecule has 1 N–H and O–H groups in total. The molecule has 1 aromatic carbocycles. The van der Waals surface area contributed by atoms with Crippen molar-refractivity contribution >= 4 is 40.0 Å². The molecule has 1 unspecified atom stereocenters. The topological polar surface area (TPSA) is 42.0 Å². The van der Waals surface area contributed by atoms with Gasteiger partial charge in [-0.15, -0.1) is 11.6 Å². The van der Waals surface area contributed by atoms with Crippen LogP contribution >= 0.6 is 23.2 Å². The Bertz CT molecular complexity index is 668. The molecule has 3 rings (SSSR count). The predicted molar refractivity (Wildman–Crippen MR) is 85.7 cm³/mol. The molecule has 0 radical (unpaired) electrons. The number of rotatable bonds is 3. The van der Waals surface area contributed by atoms with Gasteiger partial charge in [0.2, 0.25) is 5.91 Å². The first-order chi connectivity index (χ1) is 10.2. The molecule has 1 aliphatic carbocycles. The second-order valence-corrected chi connectivity index (χ2v) is 6.23. The summed E-state index contributed by atoms with van der Waals surface area (Å²) in [6, 6.07) is 7.50. The average molecular weight is 323 g/mol. The highest BCUT2D eigenvalue weighted by atomic mass is 35.5. The lowest BCUT2D eigenvalue weighted by Crippen LogP contribution is -2.35. The smallest absolute Gasteiger partial charge is 0.242 e. The molecule has 1 fully saturated rings. The number of pyridine rings is 1. The fraction of sp³-hybridized carbons (Fsp3) is 0.375. The quantitative estimate of drug-likeness (QED) is 0.859. The number of halogens is 2. The average Bonchev–Trinajstić information content (AvgIpc) is 3.00.